The lowest BCUT2D eigenvalue weighted by atomic mass is 10.1. The molecule has 0 aliphatic rings. The van der Waals surface area contributed by atoms with Crippen LogP contribution in [0.25, 0.3) is 22.0 Å². The first-order valence-corrected chi connectivity index (χ1v) is 7.91. The number of fused-ring (bicyclic) bond motifs is 1. The quantitative estimate of drug-likeness (QED) is 0.685. The van der Waals surface area contributed by atoms with E-state index in [1.807, 2.05) is 0 Å². The average Bonchev–Trinajstić information content (AvgIpc) is 2.62. The van der Waals surface area contributed by atoms with Gasteiger partial charge in [-0.15, -0.1) is 0 Å². The highest BCUT2D eigenvalue weighted by molar-refractivity contribution is 6.50. The maximum atomic E-state index is 12.2. The van der Waals surface area contributed by atoms with Crippen molar-refractivity contribution in [3.63, 3.8) is 0 Å². The standard InChI is InChI=1S/C18H11ClF2N2O4/c19-13(7-9-1-4-11(5-2-9)27-18(20)21)15-22-14-8-10(17(25)26)3-6-12(14)16(24)23-15/h1-8,18H,(H,25,26)(H,22,23,24)/b13-7-. The molecule has 0 amide bonds. The van der Waals surface area contributed by atoms with E-state index in [2.05, 4.69) is 14.7 Å². The maximum absolute atomic E-state index is 12.2. The average molecular weight is 393 g/mol. The lowest BCUT2D eigenvalue weighted by Crippen LogP contribution is -2.11. The highest BCUT2D eigenvalue weighted by Crippen LogP contribution is 2.22. The largest absolute Gasteiger partial charge is 0.478 e. The number of carbonyl (C=O) groups is 1. The summed E-state index contributed by atoms with van der Waals surface area (Å²) in [5.74, 6) is -1.10. The van der Waals surface area contributed by atoms with Crippen molar-refractivity contribution >= 4 is 39.6 Å². The topological polar surface area (TPSA) is 92.3 Å². The maximum Gasteiger partial charge on any atom is 0.387 e. The van der Waals surface area contributed by atoms with Crippen LogP contribution in [0.1, 0.15) is 21.7 Å². The zero-order valence-corrected chi connectivity index (χ0v) is 14.2. The van der Waals surface area contributed by atoms with Crippen molar-refractivity contribution in [2.45, 2.75) is 6.61 Å². The Hall–Kier alpha value is -3.26. The van der Waals surface area contributed by atoms with Crippen molar-refractivity contribution in [2.75, 3.05) is 0 Å². The van der Waals surface area contributed by atoms with Gasteiger partial charge in [0.05, 0.1) is 21.5 Å². The molecule has 1 aromatic heterocycles. The zero-order chi connectivity index (χ0) is 19.6. The van der Waals surface area contributed by atoms with Crippen LogP contribution in [-0.4, -0.2) is 27.7 Å². The summed E-state index contributed by atoms with van der Waals surface area (Å²) in [7, 11) is 0. The molecule has 2 aromatic carbocycles. The van der Waals surface area contributed by atoms with Gasteiger partial charge in [0.2, 0.25) is 0 Å². The van der Waals surface area contributed by atoms with E-state index in [-0.39, 0.29) is 33.1 Å². The van der Waals surface area contributed by atoms with E-state index in [0.29, 0.717) is 5.56 Å². The van der Waals surface area contributed by atoms with Gasteiger partial charge in [0.15, 0.2) is 5.82 Å². The Balaban J connectivity index is 1.96. The van der Waals surface area contributed by atoms with E-state index < -0.39 is 18.1 Å². The third kappa shape index (κ3) is 4.29. The van der Waals surface area contributed by atoms with Crippen LogP contribution in [0.15, 0.2) is 47.3 Å². The fraction of sp³-hybridized carbons (Fsp3) is 0.0556. The van der Waals surface area contributed by atoms with Crippen molar-refractivity contribution in [3.8, 4) is 5.75 Å². The van der Waals surface area contributed by atoms with Crippen molar-refractivity contribution < 1.29 is 23.4 Å². The Morgan fingerprint density at radius 1 is 1.22 bits per heavy atom. The Morgan fingerprint density at radius 2 is 1.93 bits per heavy atom. The van der Waals surface area contributed by atoms with Crippen LogP contribution in [0.2, 0.25) is 0 Å². The first-order chi connectivity index (χ1) is 12.8. The number of rotatable bonds is 5. The molecule has 0 fully saturated rings. The Labute approximate surface area is 155 Å². The summed E-state index contributed by atoms with van der Waals surface area (Å²) in [6.07, 6.45) is 1.47. The summed E-state index contributed by atoms with van der Waals surface area (Å²) in [5.41, 5.74) is 0.255. The molecule has 0 unspecified atom stereocenters. The van der Waals surface area contributed by atoms with E-state index in [9.17, 15) is 18.4 Å². The Bertz CT molecular complexity index is 1090. The van der Waals surface area contributed by atoms with Crippen LogP contribution in [-0.2, 0) is 0 Å². The van der Waals surface area contributed by atoms with E-state index in [1.165, 1.54) is 48.5 Å². The lowest BCUT2D eigenvalue weighted by molar-refractivity contribution is -0.0498. The SMILES string of the molecule is O=C(O)c1ccc2c(=O)[nH]c(/C(Cl)=C/c3ccc(OC(F)F)cc3)nc2c1. The van der Waals surface area contributed by atoms with Gasteiger partial charge in [-0.25, -0.2) is 9.78 Å². The summed E-state index contributed by atoms with van der Waals surface area (Å²) in [6.45, 7) is -2.92. The van der Waals surface area contributed by atoms with Crippen LogP contribution in [0.3, 0.4) is 0 Å². The summed E-state index contributed by atoms with van der Waals surface area (Å²) >= 11 is 6.20. The van der Waals surface area contributed by atoms with Crippen molar-refractivity contribution in [3.05, 3.63) is 69.8 Å². The molecule has 0 atom stereocenters. The minimum absolute atomic E-state index is 0.00305. The molecule has 0 aliphatic heterocycles. The molecule has 0 saturated heterocycles. The van der Waals surface area contributed by atoms with Gasteiger partial charge in [-0.05, 0) is 42.0 Å². The lowest BCUT2D eigenvalue weighted by Gasteiger charge is -2.05. The number of nitrogens with one attached hydrogen (secondary N) is 1. The molecule has 0 radical (unpaired) electrons. The Morgan fingerprint density at radius 3 is 2.56 bits per heavy atom. The molecule has 3 aromatic rings. The third-order valence-electron chi connectivity index (χ3n) is 3.58. The van der Waals surface area contributed by atoms with Crippen LogP contribution < -0.4 is 10.3 Å². The van der Waals surface area contributed by atoms with Gasteiger partial charge < -0.3 is 14.8 Å². The van der Waals surface area contributed by atoms with Gasteiger partial charge in [-0.3, -0.25) is 4.79 Å². The van der Waals surface area contributed by atoms with E-state index in [0.717, 1.165) is 0 Å². The van der Waals surface area contributed by atoms with Crippen molar-refractivity contribution in [2.24, 2.45) is 0 Å². The number of hydrogen-bond donors (Lipinski definition) is 2. The number of aromatic carboxylic acids is 1. The molecule has 0 spiro atoms. The number of hydrogen-bond acceptors (Lipinski definition) is 4. The number of carboxylic acid groups (broad SMARTS) is 1. The first kappa shape index (κ1) is 18.5. The number of H-pyrrole nitrogens is 1. The Kier molecular flexibility index (Phi) is 5.18. The van der Waals surface area contributed by atoms with Crippen molar-refractivity contribution in [1.29, 1.82) is 0 Å². The molecule has 0 aliphatic carbocycles. The second kappa shape index (κ2) is 7.55. The van der Waals surface area contributed by atoms with Gasteiger partial charge in [-0.1, -0.05) is 23.7 Å². The van der Waals surface area contributed by atoms with Gasteiger partial charge >= 0.3 is 12.6 Å². The molecule has 1 heterocycles. The summed E-state index contributed by atoms with van der Waals surface area (Å²) in [6, 6.07) is 9.64. The fourth-order valence-electron chi connectivity index (χ4n) is 2.35. The van der Waals surface area contributed by atoms with Gasteiger partial charge in [0, 0.05) is 0 Å². The number of nitrogens with zero attached hydrogens (tertiary/aromatic N) is 1. The van der Waals surface area contributed by atoms with Gasteiger partial charge in [0.25, 0.3) is 5.56 Å². The summed E-state index contributed by atoms with van der Waals surface area (Å²) in [5, 5.41) is 9.36. The predicted octanol–water partition coefficient (Wildman–Crippen LogP) is 3.96. The molecule has 6 nitrogen and oxygen atoms in total. The molecule has 138 valence electrons. The third-order valence-corrected chi connectivity index (χ3v) is 3.87. The molecular formula is C18H11ClF2N2O4. The summed E-state index contributed by atoms with van der Waals surface area (Å²) < 4.78 is 28.6. The minimum Gasteiger partial charge on any atom is -0.478 e. The molecule has 0 saturated carbocycles. The van der Waals surface area contributed by atoms with Crippen LogP contribution in [0, 0.1) is 0 Å². The van der Waals surface area contributed by atoms with Crippen molar-refractivity contribution in [1.82, 2.24) is 9.97 Å². The van der Waals surface area contributed by atoms with Crippen LogP contribution in [0.5, 0.6) is 5.75 Å². The highest BCUT2D eigenvalue weighted by atomic mass is 35.5. The molecule has 9 heteroatoms. The molecule has 0 bridgehead atoms. The smallest absolute Gasteiger partial charge is 0.387 e. The molecular weight excluding hydrogens is 382 g/mol. The van der Waals surface area contributed by atoms with E-state index in [1.54, 1.807) is 0 Å². The second-order valence-corrected chi connectivity index (χ2v) is 5.80. The minimum atomic E-state index is -2.92. The second-order valence-electron chi connectivity index (χ2n) is 5.39. The summed E-state index contributed by atoms with van der Waals surface area (Å²) in [4.78, 5) is 30.0. The monoisotopic (exact) mass is 392 g/mol. The highest BCUT2D eigenvalue weighted by Gasteiger charge is 2.10. The van der Waals surface area contributed by atoms with Gasteiger partial charge in [-0.2, -0.15) is 8.78 Å². The number of aromatic nitrogens is 2. The first-order valence-electron chi connectivity index (χ1n) is 7.53. The fourth-order valence-corrected chi connectivity index (χ4v) is 2.56. The van der Waals surface area contributed by atoms with Gasteiger partial charge in [0.1, 0.15) is 5.75 Å². The predicted molar refractivity (Wildman–Crippen MR) is 96.1 cm³/mol. The van der Waals surface area contributed by atoms with Crippen LogP contribution in [0.4, 0.5) is 8.78 Å². The number of benzene rings is 2. The molecule has 27 heavy (non-hydrogen) atoms. The molecule has 2 N–H and O–H groups in total. The zero-order valence-electron chi connectivity index (χ0n) is 13.4. The number of ether oxygens (including phenoxy) is 1. The van der Waals surface area contributed by atoms with Crippen LogP contribution >= 0.6 is 11.6 Å². The molecule has 3 rings (SSSR count). The number of aromatic amines is 1. The normalized spacial score (nSPS) is 11.8. The number of alkyl halides is 2. The van der Waals surface area contributed by atoms with E-state index in [4.69, 9.17) is 16.7 Å². The number of halogens is 3. The van der Waals surface area contributed by atoms with E-state index >= 15 is 0 Å². The number of carboxylic acids is 1.